The van der Waals surface area contributed by atoms with Gasteiger partial charge in [-0.15, -0.1) is 0 Å². The molecule has 0 amide bonds. The first-order valence-electron chi connectivity index (χ1n) is 6.35. The highest BCUT2D eigenvalue weighted by atomic mass is 16.6. The molecule has 2 unspecified atom stereocenters. The van der Waals surface area contributed by atoms with Crippen LogP contribution in [0, 0.1) is 16.0 Å². The van der Waals surface area contributed by atoms with Crippen LogP contribution in [0.3, 0.4) is 0 Å². The van der Waals surface area contributed by atoms with Crippen LogP contribution < -0.4 is 5.73 Å². The van der Waals surface area contributed by atoms with E-state index in [1.54, 1.807) is 6.07 Å². The Labute approximate surface area is 106 Å². The second-order valence-electron chi connectivity index (χ2n) is 4.64. The first-order valence-corrected chi connectivity index (χ1v) is 6.35. The van der Waals surface area contributed by atoms with Gasteiger partial charge in [0.15, 0.2) is 0 Å². The van der Waals surface area contributed by atoms with Crippen LogP contribution in [0.4, 0.5) is 5.88 Å². The largest absolute Gasteiger partial charge is 0.433 e. The Morgan fingerprint density at radius 3 is 2.94 bits per heavy atom. The van der Waals surface area contributed by atoms with E-state index in [1.165, 1.54) is 6.07 Å². The van der Waals surface area contributed by atoms with Crippen molar-refractivity contribution in [3.63, 3.8) is 0 Å². The monoisotopic (exact) mass is 253 g/mol. The minimum absolute atomic E-state index is 0.0717. The molecule has 1 aliphatic heterocycles. The van der Waals surface area contributed by atoms with Crippen molar-refractivity contribution in [1.29, 1.82) is 0 Å². The lowest BCUT2D eigenvalue weighted by Crippen LogP contribution is -2.41. The fourth-order valence-corrected chi connectivity index (χ4v) is 2.76. The van der Waals surface area contributed by atoms with Crippen molar-refractivity contribution >= 4 is 5.88 Å². The first kappa shape index (κ1) is 13.0. The van der Waals surface area contributed by atoms with E-state index in [0.29, 0.717) is 18.2 Å². The average molecular weight is 253 g/mol. The van der Waals surface area contributed by atoms with E-state index in [9.17, 15) is 10.1 Å². The van der Waals surface area contributed by atoms with Crippen LogP contribution in [-0.2, 0) is 0 Å². The van der Waals surface area contributed by atoms with Crippen molar-refractivity contribution in [3.8, 4) is 0 Å². The van der Waals surface area contributed by atoms with Gasteiger partial charge in [-0.3, -0.25) is 15.0 Å². The molecule has 100 valence electrons. The van der Waals surface area contributed by atoms with Gasteiger partial charge in [-0.2, -0.15) is 0 Å². The summed E-state index contributed by atoms with van der Waals surface area (Å²) >= 11 is 0. The van der Waals surface area contributed by atoms with Gasteiger partial charge in [-0.25, -0.2) is 0 Å². The Balaban J connectivity index is 2.27. The van der Waals surface area contributed by atoms with Crippen molar-refractivity contribution in [2.75, 3.05) is 19.6 Å². The lowest BCUT2D eigenvalue weighted by molar-refractivity contribution is -0.402. The number of nitrogens with zero attached hydrogens (tertiary/aromatic N) is 2. The molecule has 1 fully saturated rings. The number of rotatable bonds is 4. The second-order valence-corrected chi connectivity index (χ2v) is 4.64. The molecule has 2 N–H and O–H groups in total. The molecule has 0 spiro atoms. The quantitative estimate of drug-likeness (QED) is 0.654. The number of furan rings is 1. The molecule has 2 heterocycles. The third-order valence-electron chi connectivity index (χ3n) is 3.65. The molecule has 0 aromatic carbocycles. The zero-order valence-electron chi connectivity index (χ0n) is 10.5. The SMILES string of the molecule is CCN1CCCC(CN)C1c1ccc([N+](=O)[O-])o1. The molecule has 1 aliphatic rings. The molecule has 6 heteroatoms. The fourth-order valence-electron chi connectivity index (χ4n) is 2.76. The average Bonchev–Trinajstić information content (AvgIpc) is 2.87. The van der Waals surface area contributed by atoms with Gasteiger partial charge in [0.2, 0.25) is 0 Å². The molecule has 0 radical (unpaired) electrons. The van der Waals surface area contributed by atoms with Crippen molar-refractivity contribution < 1.29 is 9.34 Å². The van der Waals surface area contributed by atoms with E-state index in [1.807, 2.05) is 0 Å². The molecule has 0 saturated carbocycles. The highest BCUT2D eigenvalue weighted by Gasteiger charge is 2.34. The van der Waals surface area contributed by atoms with Crippen molar-refractivity contribution in [2.24, 2.45) is 11.7 Å². The Kier molecular flexibility index (Phi) is 3.98. The minimum atomic E-state index is -0.500. The smallest absolute Gasteiger partial charge is 0.404 e. The molecule has 0 bridgehead atoms. The van der Waals surface area contributed by atoms with Crippen molar-refractivity contribution in [2.45, 2.75) is 25.8 Å². The minimum Gasteiger partial charge on any atom is -0.404 e. The Bertz CT molecular complexity index is 406. The van der Waals surface area contributed by atoms with Gasteiger partial charge < -0.3 is 10.2 Å². The Morgan fingerprint density at radius 1 is 1.61 bits per heavy atom. The maximum atomic E-state index is 10.7. The van der Waals surface area contributed by atoms with Crippen LogP contribution >= 0.6 is 0 Å². The van der Waals surface area contributed by atoms with Gasteiger partial charge in [0.25, 0.3) is 0 Å². The van der Waals surface area contributed by atoms with Gasteiger partial charge in [0.05, 0.1) is 12.1 Å². The van der Waals surface area contributed by atoms with Crippen LogP contribution in [0.1, 0.15) is 31.6 Å². The van der Waals surface area contributed by atoms with Crippen molar-refractivity contribution in [1.82, 2.24) is 4.90 Å². The Hall–Kier alpha value is -1.40. The molecule has 0 aliphatic carbocycles. The normalized spacial score (nSPS) is 25.2. The molecular weight excluding hydrogens is 234 g/mol. The standard InChI is InChI=1S/C12H19N3O3/c1-2-14-7-3-4-9(8-13)12(14)10-5-6-11(18-10)15(16)17/h5-6,9,12H,2-4,7-8,13H2,1H3. The predicted molar refractivity (Wildman–Crippen MR) is 67.1 cm³/mol. The van der Waals surface area contributed by atoms with E-state index in [0.717, 1.165) is 25.9 Å². The molecule has 2 rings (SSSR count). The van der Waals surface area contributed by atoms with E-state index in [2.05, 4.69) is 11.8 Å². The third kappa shape index (κ3) is 2.39. The molecule has 6 nitrogen and oxygen atoms in total. The summed E-state index contributed by atoms with van der Waals surface area (Å²) in [5, 5.41) is 10.7. The summed E-state index contributed by atoms with van der Waals surface area (Å²) in [4.78, 5) is 12.5. The summed E-state index contributed by atoms with van der Waals surface area (Å²) in [5.41, 5.74) is 5.81. The fraction of sp³-hybridized carbons (Fsp3) is 0.667. The molecule has 1 aromatic heterocycles. The zero-order chi connectivity index (χ0) is 13.1. The lowest BCUT2D eigenvalue weighted by Gasteiger charge is -2.39. The van der Waals surface area contributed by atoms with Crippen LogP contribution in [0.5, 0.6) is 0 Å². The maximum Gasteiger partial charge on any atom is 0.433 e. The van der Waals surface area contributed by atoms with Crippen LogP contribution in [-0.4, -0.2) is 29.5 Å². The number of likely N-dealkylation sites (tertiary alicyclic amines) is 1. The molecular formula is C12H19N3O3. The number of nitrogens with two attached hydrogens (primary N) is 1. The highest BCUT2D eigenvalue weighted by molar-refractivity contribution is 5.21. The third-order valence-corrected chi connectivity index (χ3v) is 3.65. The van der Waals surface area contributed by atoms with Gasteiger partial charge in [-0.05, 0) is 44.5 Å². The number of hydrogen-bond donors (Lipinski definition) is 1. The molecule has 18 heavy (non-hydrogen) atoms. The predicted octanol–water partition coefficient (Wildman–Crippen LogP) is 1.92. The summed E-state index contributed by atoms with van der Waals surface area (Å²) < 4.78 is 5.35. The molecule has 2 atom stereocenters. The number of nitro groups is 1. The van der Waals surface area contributed by atoms with Gasteiger partial charge in [0.1, 0.15) is 10.7 Å². The first-order chi connectivity index (χ1) is 8.67. The number of piperidine rings is 1. The van der Waals surface area contributed by atoms with Crippen LogP contribution in [0.25, 0.3) is 0 Å². The van der Waals surface area contributed by atoms with E-state index in [4.69, 9.17) is 10.2 Å². The summed E-state index contributed by atoms with van der Waals surface area (Å²) in [6, 6.07) is 3.20. The summed E-state index contributed by atoms with van der Waals surface area (Å²) in [7, 11) is 0. The summed E-state index contributed by atoms with van der Waals surface area (Å²) in [6.45, 7) is 4.56. The Morgan fingerprint density at radius 2 is 2.39 bits per heavy atom. The zero-order valence-corrected chi connectivity index (χ0v) is 10.5. The lowest BCUT2D eigenvalue weighted by atomic mass is 9.87. The van der Waals surface area contributed by atoms with E-state index in [-0.39, 0.29) is 11.9 Å². The van der Waals surface area contributed by atoms with Gasteiger partial charge >= 0.3 is 5.88 Å². The van der Waals surface area contributed by atoms with Gasteiger partial charge in [0, 0.05) is 0 Å². The second kappa shape index (κ2) is 5.49. The van der Waals surface area contributed by atoms with E-state index >= 15 is 0 Å². The van der Waals surface area contributed by atoms with E-state index < -0.39 is 4.92 Å². The molecule has 1 aromatic rings. The van der Waals surface area contributed by atoms with Gasteiger partial charge in [-0.1, -0.05) is 6.92 Å². The summed E-state index contributed by atoms with van der Waals surface area (Å²) in [5.74, 6) is 0.783. The highest BCUT2D eigenvalue weighted by Crippen LogP contribution is 2.37. The van der Waals surface area contributed by atoms with Crippen LogP contribution in [0.15, 0.2) is 16.5 Å². The topological polar surface area (TPSA) is 85.5 Å². The van der Waals surface area contributed by atoms with Crippen LogP contribution in [0.2, 0.25) is 0 Å². The number of hydrogen-bond acceptors (Lipinski definition) is 5. The molecule has 1 saturated heterocycles. The van der Waals surface area contributed by atoms with Crippen molar-refractivity contribution in [3.05, 3.63) is 28.0 Å². The summed E-state index contributed by atoms with van der Waals surface area (Å²) in [6.07, 6.45) is 2.17. The maximum absolute atomic E-state index is 10.7.